The summed E-state index contributed by atoms with van der Waals surface area (Å²) < 4.78 is 0. The summed E-state index contributed by atoms with van der Waals surface area (Å²) in [6, 6.07) is 0. The quantitative estimate of drug-likeness (QED) is 0.693. The van der Waals surface area contributed by atoms with Gasteiger partial charge in [0.05, 0.1) is 0 Å². The summed E-state index contributed by atoms with van der Waals surface area (Å²) in [4.78, 5) is 20.1. The maximum Gasteiger partial charge on any atom is 0.221 e. The Morgan fingerprint density at radius 3 is 2.32 bits per heavy atom. The third kappa shape index (κ3) is 4.39. The molecular weight excluding hydrogens is 242 g/mol. The van der Waals surface area contributed by atoms with Crippen LogP contribution >= 0.6 is 0 Å². The van der Waals surface area contributed by atoms with E-state index in [-0.39, 0.29) is 5.91 Å². The summed E-state index contributed by atoms with van der Waals surface area (Å²) >= 11 is 0. The van der Waals surface area contributed by atoms with Crippen molar-refractivity contribution in [1.82, 2.24) is 15.3 Å². The molecule has 0 radical (unpaired) electrons. The lowest BCUT2D eigenvalue weighted by Gasteiger charge is -2.14. The van der Waals surface area contributed by atoms with E-state index in [1.165, 1.54) is 0 Å². The number of nitrogens with zero attached hydrogens (tertiary/aromatic N) is 2. The highest BCUT2D eigenvalue weighted by Gasteiger charge is 2.09. The molecule has 0 fully saturated rings. The van der Waals surface area contributed by atoms with Crippen LogP contribution in [-0.2, 0) is 11.2 Å². The van der Waals surface area contributed by atoms with Crippen LogP contribution in [-0.4, -0.2) is 36.0 Å². The smallest absolute Gasteiger partial charge is 0.221 e. The van der Waals surface area contributed by atoms with Gasteiger partial charge >= 0.3 is 0 Å². The number of anilines is 2. The van der Waals surface area contributed by atoms with Crippen molar-refractivity contribution in [1.29, 1.82) is 0 Å². The molecule has 6 nitrogen and oxygen atoms in total. The molecule has 1 aromatic rings. The molecule has 0 saturated carbocycles. The predicted octanol–water partition coefficient (Wildman–Crippen LogP) is 1.33. The minimum Gasteiger partial charge on any atom is -0.370 e. The van der Waals surface area contributed by atoms with Gasteiger partial charge in [-0.05, 0) is 13.8 Å². The fourth-order valence-corrected chi connectivity index (χ4v) is 1.65. The maximum atomic E-state index is 11.2. The van der Waals surface area contributed by atoms with E-state index < -0.39 is 0 Å². The summed E-state index contributed by atoms with van der Waals surface area (Å²) in [5, 5.41) is 9.03. The number of amides is 1. The Balaban J connectivity index is 2.80. The third-order valence-corrected chi connectivity index (χ3v) is 2.78. The van der Waals surface area contributed by atoms with Crippen LogP contribution in [0.15, 0.2) is 0 Å². The summed E-state index contributed by atoms with van der Waals surface area (Å²) in [5.74, 6) is 2.47. The molecule has 1 rings (SSSR count). The second-order valence-electron chi connectivity index (χ2n) is 4.20. The van der Waals surface area contributed by atoms with Crippen LogP contribution < -0.4 is 16.0 Å². The van der Waals surface area contributed by atoms with Crippen molar-refractivity contribution in [2.75, 3.05) is 30.8 Å². The zero-order chi connectivity index (χ0) is 14.3. The summed E-state index contributed by atoms with van der Waals surface area (Å²) in [7, 11) is 1.64. The number of rotatable bonds is 7. The van der Waals surface area contributed by atoms with Crippen molar-refractivity contribution in [3.63, 3.8) is 0 Å². The molecule has 3 N–H and O–H groups in total. The van der Waals surface area contributed by atoms with Gasteiger partial charge in [0.2, 0.25) is 5.91 Å². The second kappa shape index (κ2) is 7.56. The molecule has 0 aromatic carbocycles. The minimum absolute atomic E-state index is 0.0156. The fourth-order valence-electron chi connectivity index (χ4n) is 1.65. The van der Waals surface area contributed by atoms with Gasteiger partial charge in [-0.2, -0.15) is 0 Å². The van der Waals surface area contributed by atoms with E-state index in [0.29, 0.717) is 13.0 Å². The summed E-state index contributed by atoms with van der Waals surface area (Å²) in [6.07, 6.45) is 1.21. The van der Waals surface area contributed by atoms with E-state index in [4.69, 9.17) is 0 Å². The number of hydrogen-bond acceptors (Lipinski definition) is 5. The zero-order valence-corrected chi connectivity index (χ0v) is 12.1. The molecule has 0 aliphatic carbocycles. The van der Waals surface area contributed by atoms with Crippen LogP contribution in [0.4, 0.5) is 11.6 Å². The van der Waals surface area contributed by atoms with E-state index in [1.807, 2.05) is 20.8 Å². The van der Waals surface area contributed by atoms with E-state index in [9.17, 15) is 4.79 Å². The fraction of sp³-hybridized carbons (Fsp3) is 0.615. The van der Waals surface area contributed by atoms with Crippen LogP contribution in [0.2, 0.25) is 0 Å². The second-order valence-corrected chi connectivity index (χ2v) is 4.20. The van der Waals surface area contributed by atoms with Crippen LogP contribution in [0.1, 0.15) is 31.7 Å². The largest absolute Gasteiger partial charge is 0.370 e. The van der Waals surface area contributed by atoms with Crippen molar-refractivity contribution < 1.29 is 4.79 Å². The molecule has 0 spiro atoms. The van der Waals surface area contributed by atoms with Crippen molar-refractivity contribution in [2.24, 2.45) is 0 Å². The Bertz CT molecular complexity index is 433. The highest BCUT2D eigenvalue weighted by atomic mass is 16.1. The number of aromatic nitrogens is 2. The molecule has 1 amide bonds. The van der Waals surface area contributed by atoms with Crippen LogP contribution in [0.3, 0.4) is 0 Å². The van der Waals surface area contributed by atoms with Crippen LogP contribution in [0.5, 0.6) is 0 Å². The summed E-state index contributed by atoms with van der Waals surface area (Å²) in [5.41, 5.74) is 0.982. The van der Waals surface area contributed by atoms with Crippen molar-refractivity contribution in [3.05, 3.63) is 11.4 Å². The molecule has 0 bridgehead atoms. The normalized spacial score (nSPS) is 10.1. The molecule has 1 aromatic heterocycles. The Morgan fingerprint density at radius 1 is 1.16 bits per heavy atom. The van der Waals surface area contributed by atoms with Crippen LogP contribution in [0.25, 0.3) is 0 Å². The first-order chi connectivity index (χ1) is 9.12. The number of carbonyl (C=O) groups excluding carboxylic acids is 1. The van der Waals surface area contributed by atoms with Gasteiger partial charge in [-0.3, -0.25) is 4.79 Å². The molecule has 19 heavy (non-hydrogen) atoms. The lowest BCUT2D eigenvalue weighted by Crippen LogP contribution is -2.21. The van der Waals surface area contributed by atoms with Gasteiger partial charge in [-0.1, -0.05) is 6.92 Å². The van der Waals surface area contributed by atoms with Crippen molar-refractivity contribution >= 4 is 17.5 Å². The first-order valence-corrected chi connectivity index (χ1v) is 6.68. The third-order valence-electron chi connectivity index (χ3n) is 2.78. The number of carbonyl (C=O) groups is 1. The predicted molar refractivity (Wildman–Crippen MR) is 77.5 cm³/mol. The Labute approximate surface area is 114 Å². The van der Waals surface area contributed by atoms with Crippen LogP contribution in [0, 0.1) is 6.92 Å². The lowest BCUT2D eigenvalue weighted by atomic mass is 10.2. The highest BCUT2D eigenvalue weighted by Crippen LogP contribution is 2.20. The monoisotopic (exact) mass is 265 g/mol. The topological polar surface area (TPSA) is 78.9 Å². The van der Waals surface area contributed by atoms with E-state index in [2.05, 4.69) is 25.9 Å². The van der Waals surface area contributed by atoms with E-state index >= 15 is 0 Å². The van der Waals surface area contributed by atoms with Gasteiger partial charge in [-0.15, -0.1) is 0 Å². The Hall–Kier alpha value is -1.85. The van der Waals surface area contributed by atoms with Gasteiger partial charge in [0.25, 0.3) is 0 Å². The molecule has 106 valence electrons. The molecule has 0 aliphatic rings. The molecule has 6 heteroatoms. The highest BCUT2D eigenvalue weighted by molar-refractivity contribution is 5.76. The average Bonchev–Trinajstić information content (AvgIpc) is 2.42. The SMILES string of the molecule is CCNc1nc(CC)nc(NCCC(=O)NC)c1C. The Kier molecular flexibility index (Phi) is 6.05. The molecule has 1 heterocycles. The number of aryl methyl sites for hydroxylation is 1. The Morgan fingerprint density at radius 2 is 1.79 bits per heavy atom. The maximum absolute atomic E-state index is 11.2. The standard InChI is InChI=1S/C13H23N5O/c1-5-10-17-12(15-6-2)9(3)13(18-10)16-8-7-11(19)14-4/h5-8H2,1-4H3,(H,14,19)(H2,15,16,17,18). The van der Waals surface area contributed by atoms with E-state index in [0.717, 1.165) is 36.0 Å². The van der Waals surface area contributed by atoms with Crippen molar-refractivity contribution in [3.8, 4) is 0 Å². The molecule has 0 saturated heterocycles. The molecule has 0 atom stereocenters. The first-order valence-electron chi connectivity index (χ1n) is 6.68. The number of nitrogens with one attached hydrogen (secondary N) is 3. The van der Waals surface area contributed by atoms with Gasteiger partial charge in [0.1, 0.15) is 17.5 Å². The molecular formula is C13H23N5O. The van der Waals surface area contributed by atoms with Gasteiger partial charge in [0, 0.05) is 38.5 Å². The average molecular weight is 265 g/mol. The molecule has 0 unspecified atom stereocenters. The number of hydrogen-bond donors (Lipinski definition) is 3. The lowest BCUT2D eigenvalue weighted by molar-refractivity contribution is -0.120. The van der Waals surface area contributed by atoms with Crippen molar-refractivity contribution in [2.45, 2.75) is 33.6 Å². The van der Waals surface area contributed by atoms with Gasteiger partial charge in [0.15, 0.2) is 0 Å². The van der Waals surface area contributed by atoms with Gasteiger partial charge < -0.3 is 16.0 Å². The van der Waals surface area contributed by atoms with E-state index in [1.54, 1.807) is 7.05 Å². The minimum atomic E-state index is 0.0156. The first kappa shape index (κ1) is 15.2. The molecule has 0 aliphatic heterocycles. The summed E-state index contributed by atoms with van der Waals surface area (Å²) in [6.45, 7) is 7.41. The van der Waals surface area contributed by atoms with Gasteiger partial charge in [-0.25, -0.2) is 9.97 Å². The zero-order valence-electron chi connectivity index (χ0n) is 12.1.